The van der Waals surface area contributed by atoms with E-state index in [1.165, 1.54) is 52.4 Å². The van der Waals surface area contributed by atoms with E-state index in [9.17, 15) is 19.5 Å². The Morgan fingerprint density at radius 2 is 1.47 bits per heavy atom. The number of esters is 2. The van der Waals surface area contributed by atoms with E-state index in [4.69, 9.17) is 18.9 Å². The van der Waals surface area contributed by atoms with Crippen molar-refractivity contribution in [1.82, 2.24) is 0 Å². The third-order valence-corrected chi connectivity index (χ3v) is 17.2. The van der Waals surface area contributed by atoms with Crippen molar-refractivity contribution in [2.24, 2.45) is 63.1 Å². The summed E-state index contributed by atoms with van der Waals surface area (Å²) in [6, 6.07) is 0. The lowest BCUT2D eigenvalue weighted by Crippen LogP contribution is -2.65. The second-order valence-electron chi connectivity index (χ2n) is 20.3. The van der Waals surface area contributed by atoms with Crippen LogP contribution in [0.2, 0.25) is 0 Å². The number of carbonyl (C=O) groups excluding carboxylic acids is 3. The summed E-state index contributed by atoms with van der Waals surface area (Å²) >= 11 is 0. The first-order valence-electron chi connectivity index (χ1n) is 21.5. The Kier molecular flexibility index (Phi) is 12.7. The van der Waals surface area contributed by atoms with Crippen molar-refractivity contribution in [2.45, 2.75) is 197 Å². The van der Waals surface area contributed by atoms with Crippen LogP contribution >= 0.6 is 0 Å². The van der Waals surface area contributed by atoms with Crippen LogP contribution in [0.25, 0.3) is 0 Å². The van der Waals surface area contributed by atoms with Crippen LogP contribution in [0.5, 0.6) is 0 Å². The molecule has 4 saturated carbocycles. The van der Waals surface area contributed by atoms with Gasteiger partial charge in [-0.3, -0.25) is 14.4 Å². The van der Waals surface area contributed by atoms with E-state index in [0.29, 0.717) is 41.4 Å². The lowest BCUT2D eigenvalue weighted by Gasteiger charge is -2.71. The van der Waals surface area contributed by atoms with Crippen molar-refractivity contribution in [2.75, 3.05) is 6.61 Å². The average Bonchev–Trinajstić information content (AvgIpc) is 3.47. The second kappa shape index (κ2) is 15.8. The Hall–Kier alpha value is -1.51. The van der Waals surface area contributed by atoms with Gasteiger partial charge in [0.2, 0.25) is 0 Å². The highest BCUT2D eigenvalue weighted by atomic mass is 16.7. The largest absolute Gasteiger partial charge is 0.459 e. The number of rotatable bonds is 13. The molecule has 5 aliphatic rings. The van der Waals surface area contributed by atoms with Crippen molar-refractivity contribution in [1.29, 1.82) is 0 Å². The molecular weight excluding hydrogens is 668 g/mol. The number of aliphatic hydroxyl groups is 1. The zero-order valence-corrected chi connectivity index (χ0v) is 35.6. The maximum Gasteiger partial charge on any atom is 0.303 e. The van der Waals surface area contributed by atoms with Crippen LogP contribution in [-0.2, 0) is 33.3 Å². The molecule has 15 atom stereocenters. The van der Waals surface area contributed by atoms with E-state index < -0.39 is 36.7 Å². The number of Topliss-reactive ketones (excluding diaryl/α,β-unsaturated/α-hetero) is 1. The number of hydrogen-bond donors (Lipinski definition) is 1. The van der Waals surface area contributed by atoms with Crippen molar-refractivity contribution in [3.8, 4) is 0 Å². The Morgan fingerprint density at radius 3 is 2.09 bits per heavy atom. The minimum absolute atomic E-state index is 0.115. The van der Waals surface area contributed by atoms with Crippen LogP contribution in [0.1, 0.15) is 167 Å². The zero-order valence-electron chi connectivity index (χ0n) is 35.6. The van der Waals surface area contributed by atoms with E-state index in [1.54, 1.807) is 0 Å². The molecule has 0 radical (unpaired) electrons. The minimum atomic E-state index is -0.804. The van der Waals surface area contributed by atoms with Crippen molar-refractivity contribution in [3.05, 3.63) is 0 Å². The van der Waals surface area contributed by atoms with Crippen LogP contribution in [0, 0.1) is 63.1 Å². The van der Waals surface area contributed by atoms with Crippen LogP contribution in [0.15, 0.2) is 0 Å². The minimum Gasteiger partial charge on any atom is -0.459 e. The molecule has 0 bridgehead atoms. The SMILES string of the molecule is CC[C@H]1O[C@H](O[C@@](C)(CCCCCC(=O)CO)C2CC[C@]3(C)[C@@H]2C(C)CC2[C@@]4(C)CC[C@H](C)C(C)(C)C4CC[C@]23C)[C@H](OC(C)=O)[C@@H](C)[C@@H]1OC(C)=O. The summed E-state index contributed by atoms with van der Waals surface area (Å²) < 4.78 is 25.9. The van der Waals surface area contributed by atoms with Gasteiger partial charge in [-0.1, -0.05) is 75.2 Å². The van der Waals surface area contributed by atoms with E-state index in [0.717, 1.165) is 43.9 Å². The zero-order chi connectivity index (χ0) is 39.3. The number of aliphatic hydroxyl groups excluding tert-OH is 1. The van der Waals surface area contributed by atoms with Gasteiger partial charge in [0, 0.05) is 26.2 Å². The maximum absolute atomic E-state index is 12.6. The molecule has 304 valence electrons. The molecule has 1 aliphatic heterocycles. The van der Waals surface area contributed by atoms with E-state index >= 15 is 0 Å². The normalized spacial score (nSPS) is 44.5. The smallest absolute Gasteiger partial charge is 0.303 e. The highest BCUT2D eigenvalue weighted by Crippen LogP contribution is 2.77. The number of unbranched alkanes of at least 4 members (excludes halogenated alkanes) is 2. The van der Waals surface area contributed by atoms with Gasteiger partial charge >= 0.3 is 11.9 Å². The van der Waals surface area contributed by atoms with Gasteiger partial charge in [0.25, 0.3) is 0 Å². The van der Waals surface area contributed by atoms with Gasteiger partial charge in [0.05, 0.1) is 11.7 Å². The van der Waals surface area contributed by atoms with Crippen molar-refractivity contribution in [3.63, 3.8) is 0 Å². The quantitative estimate of drug-likeness (QED) is 0.147. The Bertz CT molecular complexity index is 1330. The Morgan fingerprint density at radius 1 is 0.830 bits per heavy atom. The summed E-state index contributed by atoms with van der Waals surface area (Å²) in [7, 11) is 0. The highest BCUT2D eigenvalue weighted by molar-refractivity contribution is 5.79. The summed E-state index contributed by atoms with van der Waals surface area (Å²) in [5.41, 5.74) is 0.489. The number of hydrogen-bond acceptors (Lipinski definition) is 8. The predicted molar refractivity (Wildman–Crippen MR) is 207 cm³/mol. The van der Waals surface area contributed by atoms with Crippen LogP contribution in [-0.4, -0.2) is 59.6 Å². The summed E-state index contributed by atoms with van der Waals surface area (Å²) in [4.78, 5) is 36.7. The molecule has 5 rings (SSSR count). The Balaban J connectivity index is 1.49. The van der Waals surface area contributed by atoms with Gasteiger partial charge in [0.15, 0.2) is 18.2 Å². The van der Waals surface area contributed by atoms with E-state index in [2.05, 4.69) is 55.4 Å². The summed E-state index contributed by atoms with van der Waals surface area (Å²) in [5.74, 6) is 2.22. The molecular formula is C45H76O8. The topological polar surface area (TPSA) is 108 Å². The molecule has 8 nitrogen and oxygen atoms in total. The summed E-state index contributed by atoms with van der Waals surface area (Å²) in [6.45, 7) is 26.8. The van der Waals surface area contributed by atoms with Gasteiger partial charge < -0.3 is 24.1 Å². The second-order valence-corrected chi connectivity index (χ2v) is 20.3. The fraction of sp³-hybridized carbons (Fsp3) is 0.933. The number of ketones is 1. The van der Waals surface area contributed by atoms with Gasteiger partial charge in [-0.15, -0.1) is 0 Å². The van der Waals surface area contributed by atoms with Gasteiger partial charge in [-0.05, 0) is 128 Å². The van der Waals surface area contributed by atoms with E-state index in [-0.39, 0.29) is 40.5 Å². The fourth-order valence-corrected chi connectivity index (χ4v) is 14.0. The van der Waals surface area contributed by atoms with Crippen molar-refractivity contribution < 1.29 is 38.4 Å². The summed E-state index contributed by atoms with van der Waals surface area (Å²) in [6.07, 6.45) is 10.6. The van der Waals surface area contributed by atoms with E-state index in [1.807, 2.05) is 13.8 Å². The lowest BCUT2D eigenvalue weighted by molar-refractivity contribution is -0.326. The number of carbonyl (C=O) groups is 3. The maximum atomic E-state index is 12.6. The van der Waals surface area contributed by atoms with Gasteiger partial charge in [0.1, 0.15) is 12.7 Å². The molecule has 1 heterocycles. The van der Waals surface area contributed by atoms with Crippen LogP contribution in [0.4, 0.5) is 0 Å². The summed E-state index contributed by atoms with van der Waals surface area (Å²) in [5, 5.41) is 9.30. The molecule has 4 aliphatic carbocycles. The first-order valence-corrected chi connectivity index (χ1v) is 21.5. The molecule has 1 saturated heterocycles. The van der Waals surface area contributed by atoms with Crippen molar-refractivity contribution >= 4 is 17.7 Å². The third-order valence-electron chi connectivity index (χ3n) is 17.2. The molecule has 4 unspecified atom stereocenters. The standard InChI is InChI=1S/C45H76O8/c1-13-34-38(50-30(5)47)29(4)39(51-31(6)48)40(52-34)53-45(12,21-16-14-15-17-32(49)26-46)33-19-23-44(11)37(33)27(2)25-36-42(9)22-18-28(3)41(7,8)35(42)20-24-43(36,44)10/h27-29,33-40,46H,13-26H2,1-12H3/t27?,28-,29-,33?,34+,35?,36?,37+,38-,39+,40+,42-,43+,44+,45-/m0/s1. The predicted octanol–water partition coefficient (Wildman–Crippen LogP) is 9.48. The first kappa shape index (κ1) is 42.6. The number of ether oxygens (including phenoxy) is 4. The molecule has 0 aromatic heterocycles. The van der Waals surface area contributed by atoms with Gasteiger partial charge in [-0.2, -0.15) is 0 Å². The molecule has 53 heavy (non-hydrogen) atoms. The van der Waals surface area contributed by atoms with Crippen LogP contribution < -0.4 is 0 Å². The molecule has 0 spiro atoms. The lowest BCUT2D eigenvalue weighted by atomic mass is 9.34. The molecule has 1 N–H and O–H groups in total. The molecule has 5 fully saturated rings. The van der Waals surface area contributed by atoms with Crippen LogP contribution in [0.3, 0.4) is 0 Å². The molecule has 0 aromatic carbocycles. The monoisotopic (exact) mass is 745 g/mol. The third kappa shape index (κ3) is 7.54. The molecule has 0 aromatic rings. The fourth-order valence-electron chi connectivity index (χ4n) is 14.0. The highest BCUT2D eigenvalue weighted by Gasteiger charge is 2.71. The Labute approximate surface area is 322 Å². The average molecular weight is 745 g/mol. The molecule has 0 amide bonds. The van der Waals surface area contributed by atoms with Gasteiger partial charge in [-0.25, -0.2) is 0 Å². The molecule has 8 heteroatoms. The number of fused-ring (bicyclic) bond motifs is 5. The first-order chi connectivity index (χ1) is 24.7.